The van der Waals surface area contributed by atoms with Crippen molar-refractivity contribution in [3.05, 3.63) is 59.4 Å². The first-order valence-electron chi connectivity index (χ1n) is 7.92. The molecule has 2 rings (SSSR count). The number of hydrogen-bond donors (Lipinski definition) is 0. The molecule has 0 bridgehead atoms. The van der Waals surface area contributed by atoms with Gasteiger partial charge in [0.15, 0.2) is 18.1 Å². The summed E-state index contributed by atoms with van der Waals surface area (Å²) in [6, 6.07) is 8.79. The fourth-order valence-corrected chi connectivity index (χ4v) is 2.31. The number of rotatable bonds is 8. The van der Waals surface area contributed by atoms with Crippen LogP contribution in [-0.2, 0) is 9.53 Å². The molecule has 6 nitrogen and oxygen atoms in total. The number of methoxy groups -OCH3 is 3. The van der Waals surface area contributed by atoms with Crippen LogP contribution in [0.1, 0.15) is 15.9 Å². The van der Waals surface area contributed by atoms with Gasteiger partial charge in [0.25, 0.3) is 0 Å². The second-order valence-electron chi connectivity index (χ2n) is 5.30. The Labute approximate surface area is 156 Å². The van der Waals surface area contributed by atoms with Gasteiger partial charge in [-0.3, -0.25) is 4.79 Å². The quantitative estimate of drug-likeness (QED) is 0.401. The number of hydrogen-bond acceptors (Lipinski definition) is 6. The summed E-state index contributed by atoms with van der Waals surface area (Å²) in [5, 5.41) is 0. The molecule has 0 N–H and O–H groups in total. The number of esters is 1. The molecule has 0 saturated carbocycles. The highest BCUT2D eigenvalue weighted by molar-refractivity contribution is 5.99. The van der Waals surface area contributed by atoms with Crippen LogP contribution in [0.3, 0.4) is 0 Å². The highest BCUT2D eigenvalue weighted by atomic mass is 19.1. The molecular weight excluding hydrogens is 355 g/mol. The molecular formula is C20H19FO6. The van der Waals surface area contributed by atoms with Crippen molar-refractivity contribution in [1.82, 2.24) is 0 Å². The van der Waals surface area contributed by atoms with Gasteiger partial charge in [0.2, 0.25) is 11.5 Å². The van der Waals surface area contributed by atoms with Crippen LogP contribution in [0.2, 0.25) is 0 Å². The van der Waals surface area contributed by atoms with Gasteiger partial charge in [0, 0.05) is 6.08 Å². The van der Waals surface area contributed by atoms with Crippen molar-refractivity contribution in [2.75, 3.05) is 27.9 Å². The van der Waals surface area contributed by atoms with Gasteiger partial charge in [-0.1, -0.05) is 12.1 Å². The fraction of sp³-hybridized carbons (Fsp3) is 0.200. The second-order valence-corrected chi connectivity index (χ2v) is 5.30. The van der Waals surface area contributed by atoms with Gasteiger partial charge < -0.3 is 18.9 Å². The zero-order valence-electron chi connectivity index (χ0n) is 15.2. The zero-order chi connectivity index (χ0) is 19.8. The van der Waals surface area contributed by atoms with Gasteiger partial charge in [0.1, 0.15) is 5.82 Å². The first-order chi connectivity index (χ1) is 13.0. The largest absolute Gasteiger partial charge is 0.493 e. The Morgan fingerprint density at radius 2 is 1.63 bits per heavy atom. The highest BCUT2D eigenvalue weighted by Gasteiger charge is 2.14. The van der Waals surface area contributed by atoms with Gasteiger partial charge in [0.05, 0.1) is 26.9 Å². The van der Waals surface area contributed by atoms with Crippen LogP contribution >= 0.6 is 0 Å². The number of carbonyl (C=O) groups is 2. The zero-order valence-corrected chi connectivity index (χ0v) is 15.2. The van der Waals surface area contributed by atoms with Crippen molar-refractivity contribution in [2.45, 2.75) is 0 Å². The minimum atomic E-state index is -0.742. The number of ether oxygens (including phenoxy) is 4. The first-order valence-corrected chi connectivity index (χ1v) is 7.92. The summed E-state index contributed by atoms with van der Waals surface area (Å²) in [5.74, 6) is -0.739. The molecule has 0 heterocycles. The van der Waals surface area contributed by atoms with E-state index in [1.165, 1.54) is 51.7 Å². The maximum Gasteiger partial charge on any atom is 0.331 e. The van der Waals surface area contributed by atoms with Crippen LogP contribution in [-0.4, -0.2) is 39.7 Å². The molecule has 2 aromatic carbocycles. The molecule has 0 saturated heterocycles. The third kappa shape index (κ3) is 5.07. The molecule has 2 aromatic rings. The van der Waals surface area contributed by atoms with E-state index in [1.54, 1.807) is 12.1 Å². The third-order valence-electron chi connectivity index (χ3n) is 3.62. The lowest BCUT2D eigenvalue weighted by Gasteiger charge is -2.12. The normalized spacial score (nSPS) is 10.5. The average molecular weight is 374 g/mol. The first kappa shape index (κ1) is 20.0. The van der Waals surface area contributed by atoms with Crippen molar-refractivity contribution in [2.24, 2.45) is 0 Å². The van der Waals surface area contributed by atoms with Crippen LogP contribution in [0.4, 0.5) is 4.39 Å². The maximum absolute atomic E-state index is 13.5. The van der Waals surface area contributed by atoms with Crippen LogP contribution in [0, 0.1) is 5.82 Å². The van der Waals surface area contributed by atoms with Crippen molar-refractivity contribution >= 4 is 17.8 Å². The number of benzene rings is 2. The Balaban J connectivity index is 2.04. The summed E-state index contributed by atoms with van der Waals surface area (Å²) in [7, 11) is 4.45. The Morgan fingerprint density at radius 1 is 1.00 bits per heavy atom. The van der Waals surface area contributed by atoms with Crippen molar-refractivity contribution in [3.63, 3.8) is 0 Å². The summed E-state index contributed by atoms with van der Waals surface area (Å²) in [6.07, 6.45) is 2.62. The summed E-state index contributed by atoms with van der Waals surface area (Å²) < 4.78 is 34.1. The van der Waals surface area contributed by atoms with Gasteiger partial charge in [-0.15, -0.1) is 0 Å². The van der Waals surface area contributed by atoms with Gasteiger partial charge in [-0.25, -0.2) is 9.18 Å². The van der Waals surface area contributed by atoms with E-state index in [1.807, 2.05) is 0 Å². The molecule has 0 aliphatic heterocycles. The molecule has 0 atom stereocenters. The van der Waals surface area contributed by atoms with Gasteiger partial charge in [-0.2, -0.15) is 0 Å². The lowest BCUT2D eigenvalue weighted by atomic mass is 10.1. The van der Waals surface area contributed by atoms with E-state index in [9.17, 15) is 14.0 Å². The van der Waals surface area contributed by atoms with Crippen LogP contribution in [0.25, 0.3) is 6.08 Å². The lowest BCUT2D eigenvalue weighted by molar-refractivity contribution is -0.136. The van der Waals surface area contributed by atoms with E-state index >= 15 is 0 Å². The Kier molecular flexibility index (Phi) is 6.93. The van der Waals surface area contributed by atoms with Gasteiger partial charge in [-0.05, 0) is 35.9 Å². The number of Topliss-reactive ketones (excluding diaryl/α,β-unsaturated/α-hetero) is 1. The minimum Gasteiger partial charge on any atom is -0.493 e. The van der Waals surface area contributed by atoms with E-state index in [4.69, 9.17) is 18.9 Å². The van der Waals surface area contributed by atoms with Crippen LogP contribution < -0.4 is 14.2 Å². The maximum atomic E-state index is 13.5. The van der Waals surface area contributed by atoms with E-state index < -0.39 is 24.2 Å². The smallest absolute Gasteiger partial charge is 0.331 e. The minimum absolute atomic E-state index is 0.126. The van der Waals surface area contributed by atoms with Crippen LogP contribution in [0.5, 0.6) is 17.2 Å². The predicted octanol–water partition coefficient (Wildman–Crippen LogP) is 3.29. The van der Waals surface area contributed by atoms with Gasteiger partial charge >= 0.3 is 5.97 Å². The summed E-state index contributed by atoms with van der Waals surface area (Å²) in [5.41, 5.74) is 0.473. The van der Waals surface area contributed by atoms with Crippen LogP contribution in [0.15, 0.2) is 42.5 Å². The topological polar surface area (TPSA) is 71.1 Å². The third-order valence-corrected chi connectivity index (χ3v) is 3.62. The second kappa shape index (κ2) is 9.38. The average Bonchev–Trinajstić information content (AvgIpc) is 2.69. The molecule has 0 radical (unpaired) electrons. The molecule has 142 valence electrons. The molecule has 0 aliphatic carbocycles. The molecule has 0 fully saturated rings. The Hall–Kier alpha value is -3.35. The van der Waals surface area contributed by atoms with Crippen molar-refractivity contribution in [1.29, 1.82) is 0 Å². The highest BCUT2D eigenvalue weighted by Crippen LogP contribution is 2.38. The number of ketones is 1. The summed E-state index contributed by atoms with van der Waals surface area (Å²) in [6.45, 7) is -0.556. The number of halogens is 1. The standard InChI is InChI=1S/C20H19FO6/c1-24-17-10-13(11-18(25-2)20(17)26-3)8-9-19(23)27-12-16(22)14-6-4-5-7-15(14)21/h4-11H,12H2,1-3H3/b9-8+. The molecule has 7 heteroatoms. The molecule has 0 aromatic heterocycles. The fourth-order valence-electron chi connectivity index (χ4n) is 2.31. The number of carbonyl (C=O) groups excluding carboxylic acids is 2. The monoisotopic (exact) mass is 374 g/mol. The van der Waals surface area contributed by atoms with E-state index in [2.05, 4.69) is 0 Å². The molecule has 27 heavy (non-hydrogen) atoms. The summed E-state index contributed by atoms with van der Waals surface area (Å²) in [4.78, 5) is 23.7. The van der Waals surface area contributed by atoms with E-state index in [0.717, 1.165) is 6.08 Å². The molecule has 0 unspecified atom stereocenters. The van der Waals surface area contributed by atoms with Crippen molar-refractivity contribution < 1.29 is 32.9 Å². The van der Waals surface area contributed by atoms with E-state index in [-0.39, 0.29) is 5.56 Å². The summed E-state index contributed by atoms with van der Waals surface area (Å²) >= 11 is 0. The molecule has 0 amide bonds. The van der Waals surface area contributed by atoms with Crippen molar-refractivity contribution in [3.8, 4) is 17.2 Å². The predicted molar refractivity (Wildman–Crippen MR) is 96.8 cm³/mol. The van der Waals surface area contributed by atoms with E-state index in [0.29, 0.717) is 22.8 Å². The Morgan fingerprint density at radius 3 is 2.19 bits per heavy atom. The molecule has 0 spiro atoms. The SMILES string of the molecule is COc1cc(/C=C/C(=O)OCC(=O)c2ccccc2F)cc(OC)c1OC. The Bertz CT molecular complexity index is 834. The molecule has 0 aliphatic rings. The lowest BCUT2D eigenvalue weighted by Crippen LogP contribution is -2.13.